The van der Waals surface area contributed by atoms with Gasteiger partial charge in [-0.3, -0.25) is 4.90 Å². The number of aryl methyl sites for hydroxylation is 1. The fourth-order valence-electron chi connectivity index (χ4n) is 2.47. The van der Waals surface area contributed by atoms with Gasteiger partial charge in [-0.05, 0) is 49.4 Å². The second kappa shape index (κ2) is 5.98. The summed E-state index contributed by atoms with van der Waals surface area (Å²) >= 11 is 3.63. The Morgan fingerprint density at radius 2 is 2.29 bits per heavy atom. The van der Waals surface area contributed by atoms with Crippen LogP contribution < -0.4 is 0 Å². The van der Waals surface area contributed by atoms with Crippen LogP contribution in [0.25, 0.3) is 0 Å². The SMILES string of the molecule is Cc1ccc(CN2CCCC(CO)C2)c(Br)c1. The molecule has 1 aliphatic heterocycles. The molecule has 3 heteroatoms. The molecule has 1 aromatic rings. The molecule has 1 atom stereocenters. The summed E-state index contributed by atoms with van der Waals surface area (Å²) in [7, 11) is 0. The maximum Gasteiger partial charge on any atom is 0.0471 e. The quantitative estimate of drug-likeness (QED) is 0.927. The second-order valence-corrected chi connectivity index (χ2v) is 5.88. The average molecular weight is 298 g/mol. The lowest BCUT2D eigenvalue weighted by Crippen LogP contribution is -2.36. The van der Waals surface area contributed by atoms with Gasteiger partial charge in [0.1, 0.15) is 0 Å². The molecule has 0 radical (unpaired) electrons. The largest absolute Gasteiger partial charge is 0.396 e. The van der Waals surface area contributed by atoms with Crippen molar-refractivity contribution >= 4 is 15.9 Å². The molecular formula is C14H20BrNO. The normalized spacial score (nSPS) is 21.7. The van der Waals surface area contributed by atoms with E-state index in [2.05, 4.69) is 46.0 Å². The fourth-order valence-corrected chi connectivity index (χ4v) is 3.08. The molecule has 2 rings (SSSR count). The van der Waals surface area contributed by atoms with E-state index < -0.39 is 0 Å². The van der Waals surface area contributed by atoms with Gasteiger partial charge in [0.2, 0.25) is 0 Å². The van der Waals surface area contributed by atoms with E-state index in [0.29, 0.717) is 12.5 Å². The molecule has 0 aliphatic carbocycles. The molecule has 2 nitrogen and oxygen atoms in total. The van der Waals surface area contributed by atoms with Gasteiger partial charge in [0.15, 0.2) is 0 Å². The smallest absolute Gasteiger partial charge is 0.0471 e. The third-order valence-corrected chi connectivity index (χ3v) is 4.20. The van der Waals surface area contributed by atoms with E-state index in [1.54, 1.807) is 0 Å². The first-order valence-corrected chi connectivity index (χ1v) is 7.06. The molecule has 17 heavy (non-hydrogen) atoms. The van der Waals surface area contributed by atoms with E-state index in [-0.39, 0.29) is 0 Å². The van der Waals surface area contributed by atoms with Crippen LogP contribution in [0.15, 0.2) is 22.7 Å². The van der Waals surface area contributed by atoms with Gasteiger partial charge in [-0.1, -0.05) is 28.1 Å². The monoisotopic (exact) mass is 297 g/mol. The van der Waals surface area contributed by atoms with Gasteiger partial charge < -0.3 is 5.11 Å². The number of aliphatic hydroxyl groups excluding tert-OH is 1. The first-order valence-electron chi connectivity index (χ1n) is 6.27. The molecule has 0 aromatic heterocycles. The van der Waals surface area contributed by atoms with Crippen molar-refractivity contribution in [2.75, 3.05) is 19.7 Å². The van der Waals surface area contributed by atoms with E-state index >= 15 is 0 Å². The van der Waals surface area contributed by atoms with Gasteiger partial charge in [0.25, 0.3) is 0 Å². The highest BCUT2D eigenvalue weighted by Gasteiger charge is 2.19. The molecule has 1 fully saturated rings. The number of rotatable bonds is 3. The van der Waals surface area contributed by atoms with Crippen molar-refractivity contribution in [2.45, 2.75) is 26.3 Å². The summed E-state index contributed by atoms with van der Waals surface area (Å²) in [5.74, 6) is 0.466. The van der Waals surface area contributed by atoms with E-state index in [9.17, 15) is 5.11 Å². The maximum absolute atomic E-state index is 9.23. The van der Waals surface area contributed by atoms with E-state index in [0.717, 1.165) is 19.6 Å². The Labute approximate surface area is 112 Å². The number of hydrogen-bond acceptors (Lipinski definition) is 2. The highest BCUT2D eigenvalue weighted by Crippen LogP contribution is 2.23. The van der Waals surface area contributed by atoms with Crippen molar-refractivity contribution in [2.24, 2.45) is 5.92 Å². The maximum atomic E-state index is 9.23. The lowest BCUT2D eigenvalue weighted by atomic mass is 9.98. The van der Waals surface area contributed by atoms with Crippen LogP contribution in [-0.4, -0.2) is 29.7 Å². The lowest BCUT2D eigenvalue weighted by molar-refractivity contribution is 0.115. The zero-order valence-electron chi connectivity index (χ0n) is 10.3. The van der Waals surface area contributed by atoms with Crippen molar-refractivity contribution in [3.05, 3.63) is 33.8 Å². The van der Waals surface area contributed by atoms with Crippen LogP contribution in [0.2, 0.25) is 0 Å². The van der Waals surface area contributed by atoms with Gasteiger partial charge in [-0.15, -0.1) is 0 Å². The number of halogens is 1. The van der Waals surface area contributed by atoms with Crippen molar-refractivity contribution in [1.82, 2.24) is 4.90 Å². The van der Waals surface area contributed by atoms with Gasteiger partial charge in [-0.25, -0.2) is 0 Å². The third-order valence-electron chi connectivity index (χ3n) is 3.46. The molecule has 1 N–H and O–H groups in total. The predicted octanol–water partition coefficient (Wildman–Crippen LogP) is 2.96. The lowest BCUT2D eigenvalue weighted by Gasteiger charge is -2.32. The van der Waals surface area contributed by atoms with Crippen molar-refractivity contribution in [1.29, 1.82) is 0 Å². The highest BCUT2D eigenvalue weighted by molar-refractivity contribution is 9.10. The molecule has 1 unspecified atom stereocenters. The summed E-state index contributed by atoms with van der Waals surface area (Å²) in [6.45, 7) is 5.59. The first-order chi connectivity index (χ1) is 8.19. The minimum atomic E-state index is 0.325. The third kappa shape index (κ3) is 3.54. The van der Waals surface area contributed by atoms with E-state index in [4.69, 9.17) is 0 Å². The summed E-state index contributed by atoms with van der Waals surface area (Å²) in [4.78, 5) is 2.44. The predicted molar refractivity (Wildman–Crippen MR) is 74.0 cm³/mol. The molecular weight excluding hydrogens is 278 g/mol. The standard InChI is InChI=1S/C14H20BrNO/c1-11-4-5-13(14(15)7-11)9-16-6-2-3-12(8-16)10-17/h4-5,7,12,17H,2-3,6,8-10H2,1H3. The van der Waals surface area contributed by atoms with Crippen LogP contribution in [0.1, 0.15) is 24.0 Å². The zero-order valence-corrected chi connectivity index (χ0v) is 11.9. The van der Waals surface area contributed by atoms with Crippen molar-refractivity contribution in [3.8, 4) is 0 Å². The summed E-state index contributed by atoms with van der Waals surface area (Å²) in [6, 6.07) is 6.53. The molecule has 94 valence electrons. The topological polar surface area (TPSA) is 23.5 Å². The zero-order chi connectivity index (χ0) is 12.3. The van der Waals surface area contributed by atoms with Crippen LogP contribution in [0.5, 0.6) is 0 Å². The first kappa shape index (κ1) is 13.1. The minimum Gasteiger partial charge on any atom is -0.396 e. The Bertz CT molecular complexity index is 380. The Balaban J connectivity index is 2.00. The Kier molecular flexibility index (Phi) is 4.60. The summed E-state index contributed by atoms with van der Waals surface area (Å²) in [5, 5.41) is 9.23. The van der Waals surface area contributed by atoms with Crippen LogP contribution in [0, 0.1) is 12.8 Å². The Hall–Kier alpha value is -0.380. The van der Waals surface area contributed by atoms with Crippen LogP contribution in [0.3, 0.4) is 0 Å². The van der Waals surface area contributed by atoms with Crippen LogP contribution >= 0.6 is 15.9 Å². The van der Waals surface area contributed by atoms with Gasteiger partial charge >= 0.3 is 0 Å². The molecule has 0 spiro atoms. The Morgan fingerprint density at radius 3 is 3.00 bits per heavy atom. The number of aliphatic hydroxyl groups is 1. The number of benzene rings is 1. The Morgan fingerprint density at radius 1 is 1.47 bits per heavy atom. The fraction of sp³-hybridized carbons (Fsp3) is 0.571. The molecule has 0 saturated carbocycles. The molecule has 0 bridgehead atoms. The number of piperidine rings is 1. The second-order valence-electron chi connectivity index (χ2n) is 5.02. The van der Waals surface area contributed by atoms with Gasteiger partial charge in [0.05, 0.1) is 0 Å². The molecule has 1 saturated heterocycles. The van der Waals surface area contributed by atoms with Crippen LogP contribution in [-0.2, 0) is 6.54 Å². The van der Waals surface area contributed by atoms with Gasteiger partial charge in [0, 0.05) is 24.2 Å². The number of likely N-dealkylation sites (tertiary alicyclic amines) is 1. The minimum absolute atomic E-state index is 0.325. The number of nitrogens with zero attached hydrogens (tertiary/aromatic N) is 1. The molecule has 1 aromatic carbocycles. The van der Waals surface area contributed by atoms with Crippen molar-refractivity contribution < 1.29 is 5.11 Å². The highest BCUT2D eigenvalue weighted by atomic mass is 79.9. The van der Waals surface area contributed by atoms with E-state index in [1.165, 1.54) is 28.4 Å². The van der Waals surface area contributed by atoms with Crippen LogP contribution in [0.4, 0.5) is 0 Å². The van der Waals surface area contributed by atoms with Crippen molar-refractivity contribution in [3.63, 3.8) is 0 Å². The summed E-state index contributed by atoms with van der Waals surface area (Å²) in [6.07, 6.45) is 2.37. The summed E-state index contributed by atoms with van der Waals surface area (Å²) < 4.78 is 1.20. The van der Waals surface area contributed by atoms with E-state index in [1.807, 2.05) is 0 Å². The molecule has 1 heterocycles. The van der Waals surface area contributed by atoms with Gasteiger partial charge in [-0.2, -0.15) is 0 Å². The average Bonchev–Trinajstić information content (AvgIpc) is 2.33. The molecule has 1 aliphatic rings. The summed E-state index contributed by atoms with van der Waals surface area (Å²) in [5.41, 5.74) is 2.63. The number of hydrogen-bond donors (Lipinski definition) is 1. The molecule has 0 amide bonds.